The molecular weight excluding hydrogens is 316 g/mol. The number of nitrogens with two attached hydrogens (primary N) is 1. The molecule has 23 heavy (non-hydrogen) atoms. The van der Waals surface area contributed by atoms with Crippen LogP contribution in [0.25, 0.3) is 0 Å². The number of hydrogen-bond acceptors (Lipinski definition) is 4. The molecule has 1 saturated carbocycles. The molecule has 126 valence electrons. The summed E-state index contributed by atoms with van der Waals surface area (Å²) in [5.41, 5.74) is 6.24. The summed E-state index contributed by atoms with van der Waals surface area (Å²) in [6.07, 6.45) is 5.19. The van der Waals surface area contributed by atoms with Crippen molar-refractivity contribution in [3.05, 3.63) is 28.8 Å². The molecule has 2 rings (SSSR count). The first-order chi connectivity index (χ1) is 11.0. The van der Waals surface area contributed by atoms with E-state index in [1.807, 2.05) is 0 Å². The third-order valence-electron chi connectivity index (χ3n) is 4.17. The fourth-order valence-corrected chi connectivity index (χ4v) is 2.85. The Morgan fingerprint density at radius 1 is 1.35 bits per heavy atom. The van der Waals surface area contributed by atoms with E-state index in [0.717, 1.165) is 12.8 Å². The monoisotopic (exact) mass is 338 g/mol. The minimum atomic E-state index is -0.844. The molecule has 1 amide bonds. The van der Waals surface area contributed by atoms with Crippen LogP contribution in [0.3, 0.4) is 0 Å². The average Bonchev–Trinajstić information content (AvgIpc) is 2.55. The molecule has 0 unspecified atom stereocenters. The Bertz CT molecular complexity index is 571. The number of nitrogen functional groups attached to an aromatic ring is 1. The molecule has 0 radical (unpaired) electrons. The molecule has 5 nitrogen and oxygen atoms in total. The van der Waals surface area contributed by atoms with Crippen LogP contribution in [0.1, 0.15) is 49.4 Å². The van der Waals surface area contributed by atoms with Crippen LogP contribution < -0.4 is 11.1 Å². The van der Waals surface area contributed by atoms with Crippen LogP contribution in [0.2, 0.25) is 5.02 Å². The van der Waals surface area contributed by atoms with Gasteiger partial charge in [0, 0.05) is 6.54 Å². The molecule has 0 spiro atoms. The van der Waals surface area contributed by atoms with Gasteiger partial charge < -0.3 is 15.8 Å². The lowest BCUT2D eigenvalue weighted by molar-refractivity contribution is -0.129. The summed E-state index contributed by atoms with van der Waals surface area (Å²) in [7, 11) is 0. The van der Waals surface area contributed by atoms with Crippen molar-refractivity contribution in [1.29, 1.82) is 0 Å². The Hall–Kier alpha value is -1.75. The van der Waals surface area contributed by atoms with Crippen molar-refractivity contribution in [2.45, 2.75) is 45.1 Å². The highest BCUT2D eigenvalue weighted by molar-refractivity contribution is 6.33. The van der Waals surface area contributed by atoms with E-state index in [4.69, 9.17) is 22.1 Å². The van der Waals surface area contributed by atoms with Crippen LogP contribution in [0.4, 0.5) is 5.69 Å². The van der Waals surface area contributed by atoms with E-state index in [1.54, 1.807) is 6.92 Å². The van der Waals surface area contributed by atoms with Gasteiger partial charge in [-0.25, -0.2) is 4.79 Å². The van der Waals surface area contributed by atoms with Crippen molar-refractivity contribution in [1.82, 2.24) is 5.32 Å². The minimum Gasteiger partial charge on any atom is -0.449 e. The molecule has 0 aromatic heterocycles. The van der Waals surface area contributed by atoms with Gasteiger partial charge in [0.05, 0.1) is 16.3 Å². The van der Waals surface area contributed by atoms with E-state index in [1.165, 1.54) is 37.5 Å². The van der Waals surface area contributed by atoms with Crippen LogP contribution in [0.5, 0.6) is 0 Å². The van der Waals surface area contributed by atoms with Gasteiger partial charge in [-0.2, -0.15) is 0 Å². The second-order valence-electron chi connectivity index (χ2n) is 6.03. The minimum absolute atomic E-state index is 0.272. The third kappa shape index (κ3) is 5.13. The maximum Gasteiger partial charge on any atom is 0.338 e. The first-order valence-electron chi connectivity index (χ1n) is 8.01. The van der Waals surface area contributed by atoms with Gasteiger partial charge in [0.1, 0.15) is 0 Å². The van der Waals surface area contributed by atoms with Crippen molar-refractivity contribution in [2.75, 3.05) is 12.3 Å². The Morgan fingerprint density at radius 3 is 2.70 bits per heavy atom. The van der Waals surface area contributed by atoms with Gasteiger partial charge in [-0.05, 0) is 43.9 Å². The van der Waals surface area contributed by atoms with Crippen molar-refractivity contribution < 1.29 is 14.3 Å². The third-order valence-corrected chi connectivity index (χ3v) is 4.52. The number of carbonyl (C=O) groups is 2. The van der Waals surface area contributed by atoms with E-state index in [2.05, 4.69) is 5.32 Å². The number of esters is 1. The number of nitrogens with one attached hydrogen (secondary N) is 1. The van der Waals surface area contributed by atoms with E-state index >= 15 is 0 Å². The Balaban J connectivity index is 1.82. The highest BCUT2D eigenvalue weighted by atomic mass is 35.5. The van der Waals surface area contributed by atoms with Crippen molar-refractivity contribution in [2.24, 2.45) is 5.92 Å². The molecule has 6 heteroatoms. The second-order valence-corrected chi connectivity index (χ2v) is 6.44. The Labute approximate surface area is 141 Å². The first-order valence-corrected chi connectivity index (χ1v) is 8.39. The number of halogens is 1. The van der Waals surface area contributed by atoms with Crippen molar-refractivity contribution >= 4 is 29.2 Å². The van der Waals surface area contributed by atoms with Crippen LogP contribution in [-0.4, -0.2) is 24.5 Å². The second kappa shape index (κ2) is 8.20. The summed E-state index contributed by atoms with van der Waals surface area (Å²) in [4.78, 5) is 24.1. The maximum atomic E-state index is 12.0. The molecule has 1 aliphatic rings. The smallest absolute Gasteiger partial charge is 0.338 e. The van der Waals surface area contributed by atoms with Crippen LogP contribution in [0.15, 0.2) is 18.2 Å². The predicted octanol–water partition coefficient (Wildman–Crippen LogP) is 3.16. The van der Waals surface area contributed by atoms with Gasteiger partial charge in [0.2, 0.25) is 0 Å². The quantitative estimate of drug-likeness (QED) is 0.638. The van der Waals surface area contributed by atoms with Crippen LogP contribution >= 0.6 is 11.6 Å². The van der Waals surface area contributed by atoms with E-state index in [9.17, 15) is 9.59 Å². The van der Waals surface area contributed by atoms with Gasteiger partial charge in [0.15, 0.2) is 6.10 Å². The highest BCUT2D eigenvalue weighted by Gasteiger charge is 2.21. The highest BCUT2D eigenvalue weighted by Crippen LogP contribution is 2.23. The molecule has 1 fully saturated rings. The topological polar surface area (TPSA) is 81.4 Å². The number of anilines is 1. The van der Waals surface area contributed by atoms with Gasteiger partial charge in [0.25, 0.3) is 5.91 Å². The fraction of sp³-hybridized carbons (Fsp3) is 0.529. The van der Waals surface area contributed by atoms with Gasteiger partial charge in [-0.15, -0.1) is 0 Å². The lowest BCUT2D eigenvalue weighted by Crippen LogP contribution is -2.38. The molecule has 0 heterocycles. The van der Waals surface area contributed by atoms with E-state index < -0.39 is 12.1 Å². The summed E-state index contributed by atoms with van der Waals surface area (Å²) in [6.45, 7) is 2.21. The standard InChI is InChI=1S/C17H23ClN2O3/c1-11(16(21)20-10-12-5-3-2-4-6-12)23-17(22)13-7-8-14(18)15(19)9-13/h7-9,11-12H,2-6,10,19H2,1H3,(H,20,21)/t11-/m1/s1. The van der Waals surface area contributed by atoms with Gasteiger partial charge in [-0.3, -0.25) is 4.79 Å². The van der Waals surface area contributed by atoms with Crippen LogP contribution in [0, 0.1) is 5.92 Å². The van der Waals surface area contributed by atoms with E-state index in [0.29, 0.717) is 23.2 Å². The zero-order valence-corrected chi connectivity index (χ0v) is 14.1. The molecule has 1 aliphatic carbocycles. The zero-order valence-electron chi connectivity index (χ0n) is 13.3. The predicted molar refractivity (Wildman–Crippen MR) is 90.3 cm³/mol. The largest absolute Gasteiger partial charge is 0.449 e. The summed E-state index contributed by atoms with van der Waals surface area (Å²) >= 11 is 5.82. The Morgan fingerprint density at radius 2 is 2.04 bits per heavy atom. The zero-order chi connectivity index (χ0) is 16.8. The summed E-state index contributed by atoms with van der Waals surface area (Å²) < 4.78 is 5.18. The van der Waals surface area contributed by atoms with Crippen LogP contribution in [-0.2, 0) is 9.53 Å². The number of ether oxygens (including phenoxy) is 1. The molecule has 1 aromatic rings. The van der Waals surface area contributed by atoms with E-state index in [-0.39, 0.29) is 11.5 Å². The summed E-state index contributed by atoms with van der Waals surface area (Å²) in [5.74, 6) is -0.328. The summed E-state index contributed by atoms with van der Waals surface area (Å²) in [5, 5.41) is 3.24. The average molecular weight is 339 g/mol. The molecule has 0 saturated heterocycles. The maximum absolute atomic E-state index is 12.0. The molecular formula is C17H23ClN2O3. The number of carbonyl (C=O) groups excluding carboxylic acids is 2. The number of hydrogen-bond donors (Lipinski definition) is 2. The molecule has 3 N–H and O–H groups in total. The first kappa shape index (κ1) is 17.6. The summed E-state index contributed by atoms with van der Waals surface area (Å²) in [6, 6.07) is 4.49. The molecule has 0 bridgehead atoms. The number of benzene rings is 1. The molecule has 1 atom stereocenters. The Kier molecular flexibility index (Phi) is 6.28. The van der Waals surface area contributed by atoms with Crippen molar-refractivity contribution in [3.8, 4) is 0 Å². The lowest BCUT2D eigenvalue weighted by Gasteiger charge is -2.22. The fourth-order valence-electron chi connectivity index (χ4n) is 2.73. The number of amides is 1. The van der Waals surface area contributed by atoms with Gasteiger partial charge in [-0.1, -0.05) is 30.9 Å². The van der Waals surface area contributed by atoms with Gasteiger partial charge >= 0.3 is 5.97 Å². The normalized spacial score (nSPS) is 16.6. The molecule has 1 aromatic carbocycles. The lowest BCUT2D eigenvalue weighted by atomic mass is 9.89. The molecule has 0 aliphatic heterocycles. The van der Waals surface area contributed by atoms with Crippen molar-refractivity contribution in [3.63, 3.8) is 0 Å². The SMILES string of the molecule is C[C@@H](OC(=O)c1ccc(Cl)c(N)c1)C(=O)NCC1CCCCC1. The number of rotatable bonds is 5.